The Kier molecular flexibility index (Phi) is 3.94. The maximum Gasteiger partial charge on any atom is 0.138 e. The lowest BCUT2D eigenvalue weighted by Gasteiger charge is -2.07. The fourth-order valence-electron chi connectivity index (χ4n) is 2.75. The van der Waals surface area contributed by atoms with Crippen molar-refractivity contribution in [3.05, 3.63) is 83.7 Å². The lowest BCUT2D eigenvalue weighted by molar-refractivity contribution is 0.300. The van der Waals surface area contributed by atoms with E-state index in [1.54, 1.807) is 18.2 Å². The van der Waals surface area contributed by atoms with E-state index in [4.69, 9.17) is 4.74 Å². The second kappa shape index (κ2) is 6.40. The van der Waals surface area contributed by atoms with Crippen LogP contribution in [0.4, 0.5) is 4.39 Å². The molecule has 1 heterocycles. The molecule has 4 heteroatoms. The summed E-state index contributed by atoms with van der Waals surface area (Å²) in [4.78, 5) is 7.95. The van der Waals surface area contributed by atoms with Gasteiger partial charge in [-0.3, -0.25) is 0 Å². The topological polar surface area (TPSA) is 37.9 Å². The third kappa shape index (κ3) is 3.24. The van der Waals surface area contributed by atoms with Crippen molar-refractivity contribution < 1.29 is 9.13 Å². The Balaban J connectivity index is 1.52. The van der Waals surface area contributed by atoms with E-state index in [-0.39, 0.29) is 12.4 Å². The number of halogens is 1. The molecule has 1 aromatic heterocycles. The number of aryl methyl sites for hydroxylation is 1. The van der Waals surface area contributed by atoms with E-state index in [2.05, 4.69) is 23.0 Å². The fraction of sp³-hybridized carbons (Fsp3) is 0.0952. The Labute approximate surface area is 145 Å². The van der Waals surface area contributed by atoms with Gasteiger partial charge in [0.15, 0.2) is 0 Å². The molecule has 3 nitrogen and oxygen atoms in total. The summed E-state index contributed by atoms with van der Waals surface area (Å²) in [5.74, 6) is 1.26. The number of rotatable bonds is 4. The Bertz CT molecular complexity index is 1020. The molecule has 0 atom stereocenters. The minimum atomic E-state index is -0.253. The van der Waals surface area contributed by atoms with Gasteiger partial charge in [0.25, 0.3) is 0 Å². The van der Waals surface area contributed by atoms with Gasteiger partial charge in [-0.1, -0.05) is 24.3 Å². The van der Waals surface area contributed by atoms with E-state index >= 15 is 0 Å². The highest BCUT2D eigenvalue weighted by Gasteiger charge is 2.06. The van der Waals surface area contributed by atoms with Crippen LogP contribution >= 0.6 is 0 Å². The van der Waals surface area contributed by atoms with E-state index in [0.29, 0.717) is 11.3 Å². The number of ether oxygens (including phenoxy) is 1. The number of aromatic amines is 1. The van der Waals surface area contributed by atoms with Crippen LogP contribution < -0.4 is 4.74 Å². The fourth-order valence-corrected chi connectivity index (χ4v) is 2.75. The molecule has 25 heavy (non-hydrogen) atoms. The number of aromatic nitrogens is 2. The van der Waals surface area contributed by atoms with Crippen LogP contribution in [0.25, 0.3) is 22.4 Å². The molecule has 0 aliphatic carbocycles. The third-order valence-corrected chi connectivity index (χ3v) is 4.12. The zero-order chi connectivity index (χ0) is 17.2. The highest BCUT2D eigenvalue weighted by atomic mass is 19.1. The van der Waals surface area contributed by atoms with Crippen LogP contribution in [0.15, 0.2) is 66.7 Å². The Morgan fingerprint density at radius 2 is 1.80 bits per heavy atom. The standard InChI is InChI=1S/C21H17FN2O/c1-14-6-11-19-20(12-14)24-21(23-19)15-7-9-17(10-8-15)25-13-16-4-2-3-5-18(16)22/h2-12H,13H2,1H3,(H,23,24). The molecule has 1 N–H and O–H groups in total. The van der Waals surface area contributed by atoms with Crippen molar-refractivity contribution in [3.8, 4) is 17.1 Å². The molecule has 0 spiro atoms. The smallest absolute Gasteiger partial charge is 0.138 e. The quantitative estimate of drug-likeness (QED) is 0.554. The van der Waals surface area contributed by atoms with Gasteiger partial charge in [-0.15, -0.1) is 0 Å². The van der Waals surface area contributed by atoms with Gasteiger partial charge in [0.2, 0.25) is 0 Å². The number of hydrogen-bond donors (Lipinski definition) is 1. The Morgan fingerprint density at radius 1 is 1.00 bits per heavy atom. The normalized spacial score (nSPS) is 11.0. The molecule has 0 radical (unpaired) electrons. The number of nitrogens with one attached hydrogen (secondary N) is 1. The molecule has 0 amide bonds. The first-order chi connectivity index (χ1) is 12.2. The van der Waals surface area contributed by atoms with E-state index < -0.39 is 0 Å². The largest absolute Gasteiger partial charge is 0.489 e. The number of nitrogens with zero attached hydrogens (tertiary/aromatic N) is 1. The van der Waals surface area contributed by atoms with Gasteiger partial charge in [0.05, 0.1) is 11.0 Å². The van der Waals surface area contributed by atoms with Crippen molar-refractivity contribution in [2.75, 3.05) is 0 Å². The molecule has 0 aliphatic rings. The first-order valence-electron chi connectivity index (χ1n) is 8.12. The van der Waals surface area contributed by atoms with Crippen molar-refractivity contribution in [2.24, 2.45) is 0 Å². The number of benzene rings is 3. The lowest BCUT2D eigenvalue weighted by Crippen LogP contribution is -1.98. The summed E-state index contributed by atoms with van der Waals surface area (Å²) in [6.07, 6.45) is 0. The van der Waals surface area contributed by atoms with Crippen LogP contribution in [0.5, 0.6) is 5.75 Å². The predicted molar refractivity (Wildman–Crippen MR) is 97.0 cm³/mol. The molecule has 124 valence electrons. The van der Waals surface area contributed by atoms with Crippen LogP contribution in [0.3, 0.4) is 0 Å². The van der Waals surface area contributed by atoms with Crippen LogP contribution in [-0.4, -0.2) is 9.97 Å². The molecule has 3 aromatic carbocycles. The van der Waals surface area contributed by atoms with Gasteiger partial charge in [0, 0.05) is 11.1 Å². The Morgan fingerprint density at radius 3 is 2.60 bits per heavy atom. The lowest BCUT2D eigenvalue weighted by atomic mass is 10.2. The van der Waals surface area contributed by atoms with Crippen molar-refractivity contribution >= 4 is 11.0 Å². The maximum absolute atomic E-state index is 13.6. The number of H-pyrrole nitrogens is 1. The Hall–Kier alpha value is -3.14. The number of imidazole rings is 1. The summed E-state index contributed by atoms with van der Waals surface area (Å²) in [7, 11) is 0. The molecule has 0 saturated heterocycles. The predicted octanol–water partition coefficient (Wildman–Crippen LogP) is 5.26. The minimum absolute atomic E-state index is 0.204. The average molecular weight is 332 g/mol. The second-order valence-electron chi connectivity index (χ2n) is 6.01. The van der Waals surface area contributed by atoms with Crippen LogP contribution in [0, 0.1) is 12.7 Å². The molecule has 0 aliphatic heterocycles. The summed E-state index contributed by atoms with van der Waals surface area (Å²) in [5, 5.41) is 0. The second-order valence-corrected chi connectivity index (χ2v) is 6.01. The molecule has 4 rings (SSSR count). The summed E-state index contributed by atoms with van der Waals surface area (Å²) in [6, 6.07) is 20.4. The van der Waals surface area contributed by atoms with Gasteiger partial charge < -0.3 is 9.72 Å². The van der Waals surface area contributed by atoms with Crippen LogP contribution in [0.2, 0.25) is 0 Å². The highest BCUT2D eigenvalue weighted by molar-refractivity contribution is 5.80. The zero-order valence-corrected chi connectivity index (χ0v) is 13.8. The summed E-state index contributed by atoms with van der Waals surface area (Å²) in [6.45, 7) is 2.26. The van der Waals surface area contributed by atoms with Gasteiger partial charge in [0.1, 0.15) is 24.0 Å². The van der Waals surface area contributed by atoms with E-state index in [0.717, 1.165) is 22.4 Å². The minimum Gasteiger partial charge on any atom is -0.489 e. The first kappa shape index (κ1) is 15.4. The number of fused-ring (bicyclic) bond motifs is 1. The van der Waals surface area contributed by atoms with Crippen molar-refractivity contribution in [1.29, 1.82) is 0 Å². The zero-order valence-electron chi connectivity index (χ0n) is 13.8. The van der Waals surface area contributed by atoms with E-state index in [1.165, 1.54) is 11.6 Å². The molecule has 0 fully saturated rings. The van der Waals surface area contributed by atoms with Gasteiger partial charge in [-0.05, 0) is 55.0 Å². The molecule has 4 aromatic rings. The average Bonchev–Trinajstić information content (AvgIpc) is 3.04. The van der Waals surface area contributed by atoms with Crippen LogP contribution in [0.1, 0.15) is 11.1 Å². The van der Waals surface area contributed by atoms with E-state index in [9.17, 15) is 4.39 Å². The molecule has 0 unspecified atom stereocenters. The first-order valence-corrected chi connectivity index (χ1v) is 8.12. The maximum atomic E-state index is 13.6. The van der Waals surface area contributed by atoms with Gasteiger partial charge in [-0.2, -0.15) is 0 Å². The number of hydrogen-bond acceptors (Lipinski definition) is 2. The molecule has 0 saturated carbocycles. The highest BCUT2D eigenvalue weighted by Crippen LogP contribution is 2.24. The summed E-state index contributed by atoms with van der Waals surface area (Å²) >= 11 is 0. The summed E-state index contributed by atoms with van der Waals surface area (Å²) < 4.78 is 19.3. The molecule has 0 bridgehead atoms. The molecular formula is C21H17FN2O. The van der Waals surface area contributed by atoms with Crippen LogP contribution in [-0.2, 0) is 6.61 Å². The van der Waals surface area contributed by atoms with Crippen molar-refractivity contribution in [1.82, 2.24) is 9.97 Å². The van der Waals surface area contributed by atoms with E-state index in [1.807, 2.05) is 36.4 Å². The SMILES string of the molecule is Cc1ccc2nc(-c3ccc(OCc4ccccc4F)cc3)[nH]c2c1. The van der Waals surface area contributed by atoms with Crippen molar-refractivity contribution in [3.63, 3.8) is 0 Å². The summed E-state index contributed by atoms with van der Waals surface area (Å²) in [5.41, 5.74) is 4.68. The van der Waals surface area contributed by atoms with Crippen molar-refractivity contribution in [2.45, 2.75) is 13.5 Å². The third-order valence-electron chi connectivity index (χ3n) is 4.12. The monoisotopic (exact) mass is 332 g/mol. The van der Waals surface area contributed by atoms with Gasteiger partial charge in [-0.25, -0.2) is 9.37 Å². The molecular weight excluding hydrogens is 315 g/mol. The van der Waals surface area contributed by atoms with Gasteiger partial charge >= 0.3 is 0 Å².